The van der Waals surface area contributed by atoms with Gasteiger partial charge in [0.25, 0.3) is 5.89 Å². The largest absolute Gasteiger partial charge is 0.459 e. The molecule has 0 bridgehead atoms. The van der Waals surface area contributed by atoms with Gasteiger partial charge >= 0.3 is 0 Å². The molecule has 16 heavy (non-hydrogen) atoms. The first kappa shape index (κ1) is 9.59. The summed E-state index contributed by atoms with van der Waals surface area (Å²) in [6.45, 7) is 0. The maximum Gasteiger partial charge on any atom is 0.293 e. The Balaban J connectivity index is 1.88. The highest BCUT2D eigenvalue weighted by atomic mass is 16.5. The molecule has 2 atom stereocenters. The molecule has 2 N–H and O–H groups in total. The predicted octanol–water partition coefficient (Wildman–Crippen LogP) is 1.92. The second-order valence-electron chi connectivity index (χ2n) is 4.14. The first-order valence-corrected chi connectivity index (χ1v) is 5.47. The van der Waals surface area contributed by atoms with E-state index in [0.29, 0.717) is 17.5 Å². The summed E-state index contributed by atoms with van der Waals surface area (Å²) in [6, 6.07) is 3.74. The molecule has 2 aromatic rings. The number of furan rings is 1. The van der Waals surface area contributed by atoms with Crippen molar-refractivity contribution in [2.45, 2.75) is 31.2 Å². The molecule has 0 radical (unpaired) electrons. The van der Waals surface area contributed by atoms with Crippen LogP contribution in [0, 0.1) is 0 Å². The zero-order valence-corrected chi connectivity index (χ0v) is 8.80. The number of rotatable bonds is 2. The Morgan fingerprint density at radius 1 is 1.38 bits per heavy atom. The van der Waals surface area contributed by atoms with Crippen molar-refractivity contribution in [3.05, 3.63) is 24.2 Å². The minimum absolute atomic E-state index is 0.155. The fraction of sp³-hybridized carbons (Fsp3) is 0.455. The number of hydrogen-bond acceptors (Lipinski definition) is 5. The smallest absolute Gasteiger partial charge is 0.293 e. The highest BCUT2D eigenvalue weighted by Gasteiger charge is 2.29. The van der Waals surface area contributed by atoms with E-state index in [1.165, 1.54) is 0 Å². The summed E-state index contributed by atoms with van der Waals surface area (Å²) in [5, 5.41) is 3.98. The van der Waals surface area contributed by atoms with Gasteiger partial charge in [0.15, 0.2) is 11.6 Å². The number of hydrogen-bond donors (Lipinski definition) is 1. The highest BCUT2D eigenvalue weighted by Crippen LogP contribution is 2.32. The van der Waals surface area contributed by atoms with Crippen LogP contribution in [0.4, 0.5) is 0 Å². The Labute approximate surface area is 92.6 Å². The lowest BCUT2D eigenvalue weighted by molar-refractivity contribution is 0.401. The molecule has 0 amide bonds. The van der Waals surface area contributed by atoms with Crippen LogP contribution in [-0.4, -0.2) is 16.2 Å². The van der Waals surface area contributed by atoms with Crippen LogP contribution >= 0.6 is 0 Å². The van der Waals surface area contributed by atoms with Gasteiger partial charge < -0.3 is 14.7 Å². The molecule has 0 unspecified atom stereocenters. The van der Waals surface area contributed by atoms with Crippen molar-refractivity contribution < 1.29 is 8.94 Å². The fourth-order valence-electron chi connectivity index (χ4n) is 2.20. The van der Waals surface area contributed by atoms with E-state index in [4.69, 9.17) is 14.7 Å². The molecule has 84 valence electrons. The van der Waals surface area contributed by atoms with Crippen molar-refractivity contribution in [3.8, 4) is 11.7 Å². The number of nitrogens with zero attached hydrogens (tertiary/aromatic N) is 2. The Bertz CT molecular complexity index is 463. The van der Waals surface area contributed by atoms with Crippen molar-refractivity contribution in [3.63, 3.8) is 0 Å². The third kappa shape index (κ3) is 1.53. The first-order chi connectivity index (χ1) is 7.84. The van der Waals surface area contributed by atoms with Gasteiger partial charge in [0.2, 0.25) is 0 Å². The van der Waals surface area contributed by atoms with Crippen molar-refractivity contribution in [2.24, 2.45) is 5.73 Å². The summed E-state index contributed by atoms with van der Waals surface area (Å²) >= 11 is 0. The lowest BCUT2D eigenvalue weighted by Gasteiger charge is -2.09. The average molecular weight is 219 g/mol. The van der Waals surface area contributed by atoms with Crippen LogP contribution in [0.15, 0.2) is 27.3 Å². The van der Waals surface area contributed by atoms with Crippen LogP contribution in [0.3, 0.4) is 0 Å². The van der Waals surface area contributed by atoms with E-state index < -0.39 is 0 Å². The normalized spacial score (nSPS) is 25.1. The molecule has 0 aromatic carbocycles. The zero-order valence-electron chi connectivity index (χ0n) is 8.80. The van der Waals surface area contributed by atoms with Crippen LogP contribution in [0.1, 0.15) is 31.0 Å². The molecule has 2 heterocycles. The molecule has 5 nitrogen and oxygen atoms in total. The molecule has 0 saturated heterocycles. The Morgan fingerprint density at radius 3 is 3.00 bits per heavy atom. The monoisotopic (exact) mass is 219 g/mol. The van der Waals surface area contributed by atoms with Gasteiger partial charge in [-0.1, -0.05) is 11.6 Å². The molecule has 1 aliphatic carbocycles. The molecular formula is C11H13N3O2. The van der Waals surface area contributed by atoms with E-state index in [1.54, 1.807) is 18.4 Å². The summed E-state index contributed by atoms with van der Waals surface area (Å²) in [5.74, 6) is 1.97. The summed E-state index contributed by atoms with van der Waals surface area (Å²) in [6.07, 6.45) is 4.80. The Kier molecular flexibility index (Phi) is 2.25. The summed E-state index contributed by atoms with van der Waals surface area (Å²) in [4.78, 5) is 4.33. The van der Waals surface area contributed by atoms with Gasteiger partial charge in [-0.25, -0.2) is 0 Å². The van der Waals surface area contributed by atoms with Crippen molar-refractivity contribution in [2.75, 3.05) is 0 Å². The van der Waals surface area contributed by atoms with Crippen LogP contribution in [-0.2, 0) is 0 Å². The van der Waals surface area contributed by atoms with Crippen molar-refractivity contribution in [1.82, 2.24) is 10.1 Å². The molecule has 1 fully saturated rings. The predicted molar refractivity (Wildman–Crippen MR) is 56.6 cm³/mol. The topological polar surface area (TPSA) is 78.1 Å². The maximum absolute atomic E-state index is 5.99. The van der Waals surface area contributed by atoms with Gasteiger partial charge in [0.05, 0.1) is 6.26 Å². The van der Waals surface area contributed by atoms with Gasteiger partial charge in [-0.2, -0.15) is 4.98 Å². The molecule has 3 rings (SSSR count). The van der Waals surface area contributed by atoms with E-state index in [2.05, 4.69) is 10.1 Å². The molecular weight excluding hydrogens is 206 g/mol. The van der Waals surface area contributed by atoms with Gasteiger partial charge in [-0.15, -0.1) is 0 Å². The van der Waals surface area contributed by atoms with Crippen molar-refractivity contribution in [1.29, 1.82) is 0 Å². The quantitative estimate of drug-likeness (QED) is 0.834. The van der Waals surface area contributed by atoms with Crippen LogP contribution < -0.4 is 5.73 Å². The maximum atomic E-state index is 5.99. The second kappa shape index (κ2) is 3.75. The van der Waals surface area contributed by atoms with Crippen molar-refractivity contribution >= 4 is 0 Å². The molecule has 1 aliphatic rings. The van der Waals surface area contributed by atoms with Crippen LogP contribution in [0.5, 0.6) is 0 Å². The lowest BCUT2D eigenvalue weighted by Crippen LogP contribution is -2.23. The van der Waals surface area contributed by atoms with E-state index in [-0.39, 0.29) is 12.0 Å². The average Bonchev–Trinajstić information content (AvgIpc) is 2.96. The van der Waals surface area contributed by atoms with Gasteiger partial charge in [-0.05, 0) is 25.0 Å². The van der Waals surface area contributed by atoms with Gasteiger partial charge in [-0.3, -0.25) is 0 Å². The van der Waals surface area contributed by atoms with E-state index in [9.17, 15) is 0 Å². The van der Waals surface area contributed by atoms with Crippen LogP contribution in [0.2, 0.25) is 0 Å². The second-order valence-corrected chi connectivity index (χ2v) is 4.14. The third-order valence-electron chi connectivity index (χ3n) is 3.07. The molecule has 1 saturated carbocycles. The zero-order chi connectivity index (χ0) is 11.0. The highest BCUT2D eigenvalue weighted by molar-refractivity contribution is 5.43. The van der Waals surface area contributed by atoms with E-state index in [1.807, 2.05) is 0 Å². The first-order valence-electron chi connectivity index (χ1n) is 5.47. The summed E-state index contributed by atoms with van der Waals surface area (Å²) in [5.41, 5.74) is 5.99. The van der Waals surface area contributed by atoms with Crippen LogP contribution in [0.25, 0.3) is 11.7 Å². The van der Waals surface area contributed by atoms with Gasteiger partial charge in [0, 0.05) is 12.0 Å². The molecule has 2 aromatic heterocycles. The summed E-state index contributed by atoms with van der Waals surface area (Å²) in [7, 11) is 0. The standard InChI is InChI=1S/C11H13N3O2/c12-8-4-1-3-7(8)10-13-11(16-14-10)9-5-2-6-15-9/h2,5-8H,1,3-4,12H2/t7-,8-/m1/s1. The molecule has 0 spiro atoms. The molecule has 5 heteroatoms. The number of nitrogens with two attached hydrogens (primary N) is 1. The Hall–Kier alpha value is -1.62. The Morgan fingerprint density at radius 2 is 2.31 bits per heavy atom. The minimum Gasteiger partial charge on any atom is -0.459 e. The summed E-state index contributed by atoms with van der Waals surface area (Å²) < 4.78 is 10.4. The minimum atomic E-state index is 0.155. The SMILES string of the molecule is N[C@@H]1CCC[C@H]1c1noc(-c2ccco2)n1. The molecule has 0 aliphatic heterocycles. The van der Waals surface area contributed by atoms with Gasteiger partial charge in [0.1, 0.15) is 0 Å². The van der Waals surface area contributed by atoms with E-state index in [0.717, 1.165) is 19.3 Å². The number of aromatic nitrogens is 2. The van der Waals surface area contributed by atoms with E-state index >= 15 is 0 Å². The third-order valence-corrected chi connectivity index (χ3v) is 3.07. The fourth-order valence-corrected chi connectivity index (χ4v) is 2.20. The lowest BCUT2D eigenvalue weighted by atomic mass is 10.0.